The first-order valence-corrected chi connectivity index (χ1v) is 5.79. The van der Waals surface area contributed by atoms with Crippen molar-refractivity contribution >= 4 is 11.7 Å². The van der Waals surface area contributed by atoms with E-state index in [0.717, 1.165) is 24.7 Å². The van der Waals surface area contributed by atoms with Gasteiger partial charge in [-0.15, -0.1) is 0 Å². The van der Waals surface area contributed by atoms with Crippen molar-refractivity contribution in [3.05, 3.63) is 29.8 Å². The van der Waals surface area contributed by atoms with Gasteiger partial charge in [0, 0.05) is 13.1 Å². The fraction of sp³-hybridized carbons (Fsp3) is 0.462. The van der Waals surface area contributed by atoms with E-state index >= 15 is 0 Å². The summed E-state index contributed by atoms with van der Waals surface area (Å²) in [6.45, 7) is 3.92. The molecule has 1 fully saturated rings. The second-order valence-electron chi connectivity index (χ2n) is 4.30. The van der Waals surface area contributed by atoms with Gasteiger partial charge >= 0.3 is 5.97 Å². The molecule has 16 heavy (non-hydrogen) atoms. The molecule has 0 spiro atoms. The number of carbonyl (C=O) groups is 1. The van der Waals surface area contributed by atoms with Crippen LogP contribution in [0.25, 0.3) is 0 Å². The summed E-state index contributed by atoms with van der Waals surface area (Å²) in [7, 11) is 0. The molecule has 0 heterocycles. The molecule has 0 amide bonds. The topological polar surface area (TPSA) is 40.5 Å². The maximum atomic E-state index is 11.1. The molecule has 0 bridgehead atoms. The number of nitrogens with zero attached hydrogens (tertiary/aromatic N) is 1. The summed E-state index contributed by atoms with van der Waals surface area (Å²) in [5.74, 6) is -0.0772. The van der Waals surface area contributed by atoms with Crippen molar-refractivity contribution in [3.8, 4) is 0 Å². The van der Waals surface area contributed by atoms with E-state index in [1.54, 1.807) is 12.1 Å². The fourth-order valence-corrected chi connectivity index (χ4v) is 1.94. The van der Waals surface area contributed by atoms with E-state index in [-0.39, 0.29) is 0 Å². The van der Waals surface area contributed by atoms with Gasteiger partial charge in [-0.3, -0.25) is 0 Å². The van der Waals surface area contributed by atoms with E-state index < -0.39 is 5.97 Å². The smallest absolute Gasteiger partial charge is 0.337 e. The SMILES string of the molecule is CCN(CC1CC1)c1ccccc1C(=O)O. The second-order valence-corrected chi connectivity index (χ2v) is 4.30. The van der Waals surface area contributed by atoms with Gasteiger partial charge in [-0.05, 0) is 37.8 Å². The molecule has 0 saturated heterocycles. The molecular formula is C13H17NO2. The molecule has 1 aliphatic carbocycles. The Labute approximate surface area is 95.7 Å². The third-order valence-corrected chi connectivity index (χ3v) is 3.03. The minimum Gasteiger partial charge on any atom is -0.478 e. The van der Waals surface area contributed by atoms with Gasteiger partial charge in [0.2, 0.25) is 0 Å². The largest absolute Gasteiger partial charge is 0.478 e. The molecular weight excluding hydrogens is 202 g/mol. The molecule has 1 aliphatic rings. The standard InChI is InChI=1S/C13H17NO2/c1-2-14(9-10-7-8-10)12-6-4-3-5-11(12)13(15)16/h3-6,10H,2,7-9H2,1H3,(H,15,16). The highest BCUT2D eigenvalue weighted by Crippen LogP contribution is 2.32. The van der Waals surface area contributed by atoms with Crippen LogP contribution in [0.3, 0.4) is 0 Å². The number of aromatic carboxylic acids is 1. The molecule has 86 valence electrons. The van der Waals surface area contributed by atoms with Crippen molar-refractivity contribution in [3.63, 3.8) is 0 Å². The molecule has 0 aliphatic heterocycles. The summed E-state index contributed by atoms with van der Waals surface area (Å²) in [4.78, 5) is 13.3. The summed E-state index contributed by atoms with van der Waals surface area (Å²) in [6.07, 6.45) is 2.57. The zero-order valence-electron chi connectivity index (χ0n) is 9.52. The summed E-state index contributed by atoms with van der Waals surface area (Å²) >= 11 is 0. The van der Waals surface area contributed by atoms with Gasteiger partial charge in [0.05, 0.1) is 11.3 Å². The second kappa shape index (κ2) is 4.56. The predicted octanol–water partition coefficient (Wildman–Crippen LogP) is 2.62. The highest BCUT2D eigenvalue weighted by Gasteiger charge is 2.25. The van der Waals surface area contributed by atoms with Crippen LogP contribution in [-0.4, -0.2) is 24.2 Å². The number of carboxylic acid groups (broad SMARTS) is 1. The van der Waals surface area contributed by atoms with Crippen LogP contribution in [0.4, 0.5) is 5.69 Å². The van der Waals surface area contributed by atoms with E-state index in [1.165, 1.54) is 12.8 Å². The highest BCUT2D eigenvalue weighted by molar-refractivity contribution is 5.94. The summed E-state index contributed by atoms with van der Waals surface area (Å²) in [6, 6.07) is 7.25. The number of benzene rings is 1. The Hall–Kier alpha value is -1.51. The van der Waals surface area contributed by atoms with Crippen molar-refractivity contribution < 1.29 is 9.90 Å². The zero-order chi connectivity index (χ0) is 11.5. The van der Waals surface area contributed by atoms with Gasteiger partial charge < -0.3 is 10.0 Å². The maximum Gasteiger partial charge on any atom is 0.337 e. The highest BCUT2D eigenvalue weighted by atomic mass is 16.4. The van der Waals surface area contributed by atoms with Crippen LogP contribution >= 0.6 is 0 Å². The lowest BCUT2D eigenvalue weighted by molar-refractivity contribution is 0.0697. The maximum absolute atomic E-state index is 11.1. The number of carboxylic acids is 1. The van der Waals surface area contributed by atoms with E-state index in [1.807, 2.05) is 12.1 Å². The van der Waals surface area contributed by atoms with Crippen LogP contribution in [0, 0.1) is 5.92 Å². The lowest BCUT2D eigenvalue weighted by Gasteiger charge is -2.24. The Bertz CT molecular complexity index is 385. The van der Waals surface area contributed by atoms with E-state index in [9.17, 15) is 4.79 Å². The summed E-state index contributed by atoms with van der Waals surface area (Å²) in [5.41, 5.74) is 1.26. The zero-order valence-corrected chi connectivity index (χ0v) is 9.52. The molecule has 0 atom stereocenters. The fourth-order valence-electron chi connectivity index (χ4n) is 1.94. The van der Waals surface area contributed by atoms with E-state index in [0.29, 0.717) is 5.56 Å². The average Bonchev–Trinajstić information content (AvgIpc) is 3.09. The van der Waals surface area contributed by atoms with Gasteiger partial charge in [-0.1, -0.05) is 12.1 Å². The van der Waals surface area contributed by atoms with Crippen LogP contribution in [0.5, 0.6) is 0 Å². The Morgan fingerprint density at radius 2 is 2.12 bits per heavy atom. The first-order chi connectivity index (χ1) is 7.72. The van der Waals surface area contributed by atoms with Crippen LogP contribution in [0.15, 0.2) is 24.3 Å². The van der Waals surface area contributed by atoms with Crippen molar-refractivity contribution in [2.24, 2.45) is 5.92 Å². The molecule has 3 nitrogen and oxygen atoms in total. The normalized spacial score (nSPS) is 14.8. The molecule has 1 aromatic carbocycles. The molecule has 1 aromatic rings. The lowest BCUT2D eigenvalue weighted by Crippen LogP contribution is -2.27. The Morgan fingerprint density at radius 3 is 2.69 bits per heavy atom. The number of hydrogen-bond donors (Lipinski definition) is 1. The molecule has 3 heteroatoms. The van der Waals surface area contributed by atoms with Crippen LogP contribution in [0.2, 0.25) is 0 Å². The quantitative estimate of drug-likeness (QED) is 0.827. The molecule has 1 N–H and O–H groups in total. The lowest BCUT2D eigenvalue weighted by atomic mass is 10.1. The van der Waals surface area contributed by atoms with Gasteiger partial charge in [-0.25, -0.2) is 4.79 Å². The van der Waals surface area contributed by atoms with Gasteiger partial charge in [0.1, 0.15) is 0 Å². The summed E-state index contributed by atoms with van der Waals surface area (Å²) < 4.78 is 0. The van der Waals surface area contributed by atoms with Crippen molar-refractivity contribution in [2.45, 2.75) is 19.8 Å². The Kier molecular flexibility index (Phi) is 3.13. The van der Waals surface area contributed by atoms with Crippen molar-refractivity contribution in [1.82, 2.24) is 0 Å². The van der Waals surface area contributed by atoms with Crippen molar-refractivity contribution in [2.75, 3.05) is 18.0 Å². The third-order valence-electron chi connectivity index (χ3n) is 3.03. The Balaban J connectivity index is 2.24. The first-order valence-electron chi connectivity index (χ1n) is 5.79. The van der Waals surface area contributed by atoms with Crippen LogP contribution < -0.4 is 4.90 Å². The van der Waals surface area contributed by atoms with E-state index in [4.69, 9.17) is 5.11 Å². The van der Waals surface area contributed by atoms with Crippen molar-refractivity contribution in [1.29, 1.82) is 0 Å². The number of para-hydroxylation sites is 1. The molecule has 0 radical (unpaired) electrons. The van der Waals surface area contributed by atoms with E-state index in [2.05, 4.69) is 11.8 Å². The molecule has 1 saturated carbocycles. The first kappa shape index (κ1) is 11.0. The number of rotatable bonds is 5. The number of hydrogen-bond acceptors (Lipinski definition) is 2. The van der Waals surface area contributed by atoms with Gasteiger partial charge in [0.25, 0.3) is 0 Å². The molecule has 0 aromatic heterocycles. The van der Waals surface area contributed by atoms with Crippen LogP contribution in [-0.2, 0) is 0 Å². The monoisotopic (exact) mass is 219 g/mol. The summed E-state index contributed by atoms with van der Waals surface area (Å²) in [5, 5.41) is 9.13. The minimum absolute atomic E-state index is 0.407. The predicted molar refractivity (Wildman–Crippen MR) is 64.0 cm³/mol. The van der Waals surface area contributed by atoms with Gasteiger partial charge in [0.15, 0.2) is 0 Å². The molecule has 0 unspecified atom stereocenters. The third kappa shape index (κ3) is 2.35. The van der Waals surface area contributed by atoms with Gasteiger partial charge in [-0.2, -0.15) is 0 Å². The Morgan fingerprint density at radius 1 is 1.44 bits per heavy atom. The molecule has 2 rings (SSSR count). The average molecular weight is 219 g/mol. The number of anilines is 1. The minimum atomic E-state index is -0.843. The van der Waals surface area contributed by atoms with Crippen LogP contribution in [0.1, 0.15) is 30.1 Å².